The van der Waals surface area contributed by atoms with Crippen LogP contribution in [0.5, 0.6) is 0 Å². The molecular formula is C13H13ClN4O2. The molecule has 20 heavy (non-hydrogen) atoms. The third-order valence-corrected chi connectivity index (χ3v) is 3.74. The minimum atomic E-state index is -0.573. The molecular weight excluding hydrogens is 280 g/mol. The largest absolute Gasteiger partial charge is 0.313 e. The number of imidazole rings is 1. The van der Waals surface area contributed by atoms with E-state index < -0.39 is 6.04 Å². The zero-order chi connectivity index (χ0) is 14.4. The van der Waals surface area contributed by atoms with Crippen molar-refractivity contribution in [2.45, 2.75) is 24.8 Å². The Morgan fingerprint density at radius 3 is 2.80 bits per heavy atom. The summed E-state index contributed by atoms with van der Waals surface area (Å²) < 4.78 is 1.76. The van der Waals surface area contributed by atoms with Gasteiger partial charge in [-0.1, -0.05) is 0 Å². The number of nitrogens with zero attached hydrogens (tertiary/aromatic N) is 4. The lowest BCUT2D eigenvalue weighted by atomic mass is 10.2. The predicted molar refractivity (Wildman–Crippen MR) is 73.2 cm³/mol. The number of imide groups is 1. The molecule has 0 aromatic carbocycles. The number of pyridine rings is 1. The minimum absolute atomic E-state index is 0.139. The Kier molecular flexibility index (Phi) is 2.97. The fraction of sp³-hybridized carbons (Fsp3) is 0.385. The SMILES string of the molecule is CC(Cl)c1nc2cnccc2n1C1CC(=O)N(C)C1=O. The van der Waals surface area contributed by atoms with Gasteiger partial charge in [0.1, 0.15) is 17.4 Å². The quantitative estimate of drug-likeness (QED) is 0.623. The van der Waals surface area contributed by atoms with E-state index in [0.717, 1.165) is 10.4 Å². The highest BCUT2D eigenvalue weighted by Crippen LogP contribution is 2.32. The van der Waals surface area contributed by atoms with Gasteiger partial charge < -0.3 is 4.57 Å². The molecule has 1 saturated heterocycles. The molecule has 2 aromatic rings. The van der Waals surface area contributed by atoms with Crippen LogP contribution < -0.4 is 0 Å². The number of aromatic nitrogens is 3. The first-order valence-corrected chi connectivity index (χ1v) is 6.70. The Morgan fingerprint density at radius 1 is 1.45 bits per heavy atom. The molecule has 0 N–H and O–H groups in total. The van der Waals surface area contributed by atoms with E-state index in [1.54, 1.807) is 30.0 Å². The molecule has 104 valence electrons. The smallest absolute Gasteiger partial charge is 0.252 e. The van der Waals surface area contributed by atoms with Crippen LogP contribution in [0.4, 0.5) is 0 Å². The van der Waals surface area contributed by atoms with Crippen LogP contribution in [-0.2, 0) is 9.59 Å². The maximum Gasteiger partial charge on any atom is 0.252 e. The first kappa shape index (κ1) is 13.1. The van der Waals surface area contributed by atoms with Crippen LogP contribution in [0.15, 0.2) is 18.5 Å². The molecule has 0 radical (unpaired) electrons. The summed E-state index contributed by atoms with van der Waals surface area (Å²) in [6.45, 7) is 1.79. The molecule has 3 heterocycles. The number of likely N-dealkylation sites (tertiary alicyclic amines) is 1. The summed E-state index contributed by atoms with van der Waals surface area (Å²) in [4.78, 5) is 33.6. The van der Waals surface area contributed by atoms with Gasteiger partial charge in [-0.2, -0.15) is 0 Å². The first-order chi connectivity index (χ1) is 9.50. The van der Waals surface area contributed by atoms with Gasteiger partial charge in [-0.25, -0.2) is 4.98 Å². The zero-order valence-corrected chi connectivity index (χ0v) is 11.8. The Morgan fingerprint density at radius 2 is 2.20 bits per heavy atom. The van der Waals surface area contributed by atoms with Crippen molar-refractivity contribution in [1.29, 1.82) is 0 Å². The molecule has 2 amide bonds. The van der Waals surface area contributed by atoms with E-state index in [1.165, 1.54) is 7.05 Å². The fourth-order valence-electron chi connectivity index (χ4n) is 2.52. The van der Waals surface area contributed by atoms with Crippen LogP contribution in [0.1, 0.15) is 30.6 Å². The lowest BCUT2D eigenvalue weighted by Crippen LogP contribution is -2.27. The normalized spacial score (nSPS) is 20.9. The number of rotatable bonds is 2. The van der Waals surface area contributed by atoms with Crippen molar-refractivity contribution < 1.29 is 9.59 Å². The zero-order valence-electron chi connectivity index (χ0n) is 11.1. The van der Waals surface area contributed by atoms with E-state index >= 15 is 0 Å². The van der Waals surface area contributed by atoms with Crippen LogP contribution in [0.2, 0.25) is 0 Å². The molecule has 1 fully saturated rings. The summed E-state index contributed by atoms with van der Waals surface area (Å²) in [5.41, 5.74) is 1.44. The van der Waals surface area contributed by atoms with Gasteiger partial charge in [0.05, 0.1) is 23.5 Å². The van der Waals surface area contributed by atoms with Crippen molar-refractivity contribution in [2.24, 2.45) is 0 Å². The van der Waals surface area contributed by atoms with Crippen LogP contribution in [0.25, 0.3) is 11.0 Å². The average Bonchev–Trinajstić information content (AvgIpc) is 2.92. The van der Waals surface area contributed by atoms with Crippen molar-refractivity contribution in [1.82, 2.24) is 19.4 Å². The number of hydrogen-bond acceptors (Lipinski definition) is 4. The number of alkyl halides is 1. The molecule has 2 aromatic heterocycles. The van der Waals surface area contributed by atoms with E-state index in [2.05, 4.69) is 9.97 Å². The third-order valence-electron chi connectivity index (χ3n) is 3.54. The Labute approximate surface area is 120 Å². The second kappa shape index (κ2) is 4.56. The predicted octanol–water partition coefficient (Wildman–Crippen LogP) is 1.66. The second-order valence-electron chi connectivity index (χ2n) is 4.83. The van der Waals surface area contributed by atoms with Gasteiger partial charge in [0.25, 0.3) is 5.91 Å². The van der Waals surface area contributed by atoms with E-state index in [1.807, 2.05) is 0 Å². The molecule has 2 unspecified atom stereocenters. The van der Waals surface area contributed by atoms with Gasteiger partial charge in [-0.3, -0.25) is 19.5 Å². The highest BCUT2D eigenvalue weighted by Gasteiger charge is 2.39. The first-order valence-electron chi connectivity index (χ1n) is 6.27. The van der Waals surface area contributed by atoms with Crippen molar-refractivity contribution in [3.05, 3.63) is 24.3 Å². The van der Waals surface area contributed by atoms with Gasteiger partial charge >= 0.3 is 0 Å². The summed E-state index contributed by atoms with van der Waals surface area (Å²) in [6, 6.07) is 1.21. The number of likely N-dealkylation sites (N-methyl/N-ethyl adjacent to an activating group) is 1. The summed E-state index contributed by atoms with van der Waals surface area (Å²) in [6.07, 6.45) is 3.40. The lowest BCUT2D eigenvalue weighted by Gasteiger charge is -2.15. The number of amides is 2. The van der Waals surface area contributed by atoms with Gasteiger partial charge in [-0.15, -0.1) is 11.6 Å². The van der Waals surface area contributed by atoms with Gasteiger partial charge in [0, 0.05) is 13.2 Å². The van der Waals surface area contributed by atoms with Gasteiger partial charge in [0.15, 0.2) is 0 Å². The van der Waals surface area contributed by atoms with Gasteiger partial charge in [0.2, 0.25) is 5.91 Å². The molecule has 0 saturated carbocycles. The third kappa shape index (κ3) is 1.79. The molecule has 1 aliphatic rings. The molecule has 6 nitrogen and oxygen atoms in total. The summed E-state index contributed by atoms with van der Waals surface area (Å²) in [5.74, 6) is 0.157. The number of hydrogen-bond donors (Lipinski definition) is 0. The fourth-order valence-corrected chi connectivity index (χ4v) is 2.67. The standard InChI is InChI=1S/C13H13ClN4O2/c1-7(14)12-16-8-6-15-4-3-9(8)18(12)10-5-11(19)17(2)13(10)20/h3-4,6-7,10H,5H2,1-2H3. The lowest BCUT2D eigenvalue weighted by molar-refractivity contribution is -0.137. The van der Waals surface area contributed by atoms with Crippen LogP contribution >= 0.6 is 11.6 Å². The monoisotopic (exact) mass is 292 g/mol. The maximum absolute atomic E-state index is 12.2. The maximum atomic E-state index is 12.2. The molecule has 0 spiro atoms. The average molecular weight is 293 g/mol. The minimum Gasteiger partial charge on any atom is -0.313 e. The topological polar surface area (TPSA) is 68.1 Å². The van der Waals surface area contributed by atoms with E-state index in [-0.39, 0.29) is 23.6 Å². The molecule has 3 rings (SSSR count). The number of carbonyl (C=O) groups is 2. The molecule has 2 atom stereocenters. The molecule has 1 aliphatic heterocycles. The Bertz CT molecular complexity index is 709. The number of halogens is 1. The highest BCUT2D eigenvalue weighted by molar-refractivity contribution is 6.20. The van der Waals surface area contributed by atoms with Crippen LogP contribution in [-0.4, -0.2) is 38.3 Å². The van der Waals surface area contributed by atoms with Crippen molar-refractivity contribution >= 4 is 34.4 Å². The van der Waals surface area contributed by atoms with Crippen molar-refractivity contribution in [3.8, 4) is 0 Å². The summed E-state index contributed by atoms with van der Waals surface area (Å²) in [7, 11) is 1.50. The molecule has 0 aliphatic carbocycles. The number of carbonyl (C=O) groups excluding carboxylic acids is 2. The Hall–Kier alpha value is -1.95. The summed E-state index contributed by atoms with van der Waals surface area (Å²) >= 11 is 6.17. The summed E-state index contributed by atoms with van der Waals surface area (Å²) in [5, 5.41) is -0.365. The number of fused-ring (bicyclic) bond motifs is 1. The van der Waals surface area contributed by atoms with Gasteiger partial charge in [-0.05, 0) is 13.0 Å². The van der Waals surface area contributed by atoms with Crippen molar-refractivity contribution in [3.63, 3.8) is 0 Å². The van der Waals surface area contributed by atoms with E-state index in [9.17, 15) is 9.59 Å². The molecule has 7 heteroatoms. The van der Waals surface area contributed by atoms with Crippen LogP contribution in [0.3, 0.4) is 0 Å². The van der Waals surface area contributed by atoms with E-state index in [4.69, 9.17) is 11.6 Å². The van der Waals surface area contributed by atoms with Crippen molar-refractivity contribution in [2.75, 3.05) is 7.05 Å². The Balaban J connectivity index is 2.22. The van der Waals surface area contributed by atoms with E-state index in [0.29, 0.717) is 11.3 Å². The molecule has 0 bridgehead atoms. The van der Waals surface area contributed by atoms with Crippen LogP contribution in [0, 0.1) is 0 Å². The second-order valence-corrected chi connectivity index (χ2v) is 5.49. The highest BCUT2D eigenvalue weighted by atomic mass is 35.5.